The Kier molecular flexibility index (Phi) is 8.40. The van der Waals surface area contributed by atoms with Gasteiger partial charge in [-0.25, -0.2) is 4.79 Å². The van der Waals surface area contributed by atoms with Gasteiger partial charge in [-0.05, 0) is 22.4 Å². The fraction of sp³-hybridized carbons (Fsp3) is 0.533. The van der Waals surface area contributed by atoms with E-state index in [1.807, 2.05) is 0 Å². The van der Waals surface area contributed by atoms with E-state index in [2.05, 4.69) is 27.8 Å². The second kappa shape index (κ2) is 10.1. The predicted molar refractivity (Wildman–Crippen MR) is 87.4 cm³/mol. The van der Waals surface area contributed by atoms with Crippen LogP contribution in [0.5, 0.6) is 5.75 Å². The third-order valence-corrected chi connectivity index (χ3v) is 3.77. The van der Waals surface area contributed by atoms with Gasteiger partial charge < -0.3 is 4.74 Å². The van der Waals surface area contributed by atoms with Crippen molar-refractivity contribution in [2.45, 2.75) is 45.4 Å². The molecule has 0 aliphatic carbocycles. The highest BCUT2D eigenvalue weighted by Gasteiger charge is 2.18. The van der Waals surface area contributed by atoms with Gasteiger partial charge in [-0.2, -0.15) is 4.99 Å². The summed E-state index contributed by atoms with van der Waals surface area (Å²) in [5, 5.41) is 10.9. The summed E-state index contributed by atoms with van der Waals surface area (Å²) in [5.74, 6) is 0.438. The number of rotatable bonds is 10. The van der Waals surface area contributed by atoms with E-state index in [1.165, 1.54) is 43.9 Å². The lowest BCUT2D eigenvalue weighted by Crippen LogP contribution is -1.99. The summed E-state index contributed by atoms with van der Waals surface area (Å²) in [4.78, 5) is 24.0. The molecule has 0 amide bonds. The van der Waals surface area contributed by atoms with Gasteiger partial charge in [0.05, 0.1) is 16.0 Å². The Bertz CT molecular complexity index is 557. The number of ether oxygens (including phenoxy) is 1. The highest BCUT2D eigenvalue weighted by Crippen LogP contribution is 2.37. The van der Waals surface area contributed by atoms with Gasteiger partial charge in [-0.3, -0.25) is 10.1 Å². The highest BCUT2D eigenvalue weighted by molar-refractivity contribution is 9.10. The average Bonchev–Trinajstić information content (AvgIpc) is 2.49. The molecule has 6 nitrogen and oxygen atoms in total. The molecule has 7 heteroatoms. The van der Waals surface area contributed by atoms with Crippen LogP contribution < -0.4 is 4.74 Å². The number of aliphatic imine (C=N–C) groups is 1. The SMILES string of the molecule is CCCCCCCCOc1cc(N=C=O)c([N+](=O)[O-])cc1Br. The molecule has 1 aromatic carbocycles. The van der Waals surface area contributed by atoms with Gasteiger partial charge in [0.15, 0.2) is 5.69 Å². The number of hydrogen-bond donors (Lipinski definition) is 0. The molecule has 0 saturated heterocycles. The van der Waals surface area contributed by atoms with Crippen LogP contribution in [0, 0.1) is 10.1 Å². The number of carbonyl (C=O) groups excluding carboxylic acids is 1. The number of isocyanates is 1. The number of benzene rings is 1. The van der Waals surface area contributed by atoms with E-state index in [-0.39, 0.29) is 11.4 Å². The van der Waals surface area contributed by atoms with Crippen molar-refractivity contribution in [3.8, 4) is 5.75 Å². The largest absolute Gasteiger partial charge is 0.492 e. The van der Waals surface area contributed by atoms with Crippen molar-refractivity contribution in [2.75, 3.05) is 6.61 Å². The lowest BCUT2D eigenvalue weighted by molar-refractivity contribution is -0.384. The second-order valence-electron chi connectivity index (χ2n) is 4.85. The first-order valence-corrected chi connectivity index (χ1v) is 8.08. The zero-order chi connectivity index (χ0) is 16.4. The zero-order valence-corrected chi connectivity index (χ0v) is 14.1. The molecule has 0 aliphatic rings. The first kappa shape index (κ1) is 18.3. The Balaban J connectivity index is 2.61. The molecular weight excluding hydrogens is 352 g/mol. The Hall–Kier alpha value is -1.72. The summed E-state index contributed by atoms with van der Waals surface area (Å²) in [5.41, 5.74) is -0.316. The lowest BCUT2D eigenvalue weighted by Gasteiger charge is -2.09. The molecule has 0 unspecified atom stereocenters. The second-order valence-corrected chi connectivity index (χ2v) is 5.70. The zero-order valence-electron chi connectivity index (χ0n) is 12.5. The molecule has 1 rings (SSSR count). The van der Waals surface area contributed by atoms with Crippen LogP contribution in [-0.2, 0) is 4.79 Å². The van der Waals surface area contributed by atoms with Crippen LogP contribution in [0.1, 0.15) is 45.4 Å². The third kappa shape index (κ3) is 5.95. The van der Waals surface area contributed by atoms with Crippen LogP contribution >= 0.6 is 15.9 Å². The maximum Gasteiger partial charge on any atom is 0.297 e. The maximum absolute atomic E-state index is 10.9. The highest BCUT2D eigenvalue weighted by atomic mass is 79.9. The van der Waals surface area contributed by atoms with Crippen molar-refractivity contribution in [2.24, 2.45) is 4.99 Å². The van der Waals surface area contributed by atoms with E-state index in [9.17, 15) is 14.9 Å². The lowest BCUT2D eigenvalue weighted by atomic mass is 10.1. The van der Waals surface area contributed by atoms with Gasteiger partial charge in [-0.1, -0.05) is 39.0 Å². The first-order valence-electron chi connectivity index (χ1n) is 7.28. The summed E-state index contributed by atoms with van der Waals surface area (Å²) in [6.45, 7) is 2.70. The van der Waals surface area contributed by atoms with Gasteiger partial charge in [0.1, 0.15) is 5.75 Å². The molecule has 0 radical (unpaired) electrons. The maximum atomic E-state index is 10.9. The van der Waals surface area contributed by atoms with Crippen molar-refractivity contribution in [1.29, 1.82) is 0 Å². The molecule has 0 fully saturated rings. The summed E-state index contributed by atoms with van der Waals surface area (Å²) < 4.78 is 6.07. The van der Waals surface area contributed by atoms with E-state index in [4.69, 9.17) is 4.74 Å². The topological polar surface area (TPSA) is 81.8 Å². The van der Waals surface area contributed by atoms with E-state index in [0.29, 0.717) is 16.8 Å². The molecule has 1 aromatic rings. The van der Waals surface area contributed by atoms with Crippen molar-refractivity contribution in [1.82, 2.24) is 0 Å². The van der Waals surface area contributed by atoms with Crippen LogP contribution in [0.3, 0.4) is 0 Å². The van der Waals surface area contributed by atoms with E-state index < -0.39 is 4.92 Å². The Morgan fingerprint density at radius 2 is 1.95 bits per heavy atom. The number of hydrogen-bond acceptors (Lipinski definition) is 5. The number of nitro benzene ring substituents is 1. The smallest absolute Gasteiger partial charge is 0.297 e. The van der Waals surface area contributed by atoms with Crippen LogP contribution in [0.15, 0.2) is 21.6 Å². The van der Waals surface area contributed by atoms with Gasteiger partial charge in [0, 0.05) is 12.1 Å². The van der Waals surface area contributed by atoms with Crippen LogP contribution in [0.25, 0.3) is 0 Å². The van der Waals surface area contributed by atoms with Gasteiger partial charge in [-0.15, -0.1) is 0 Å². The average molecular weight is 371 g/mol. The fourth-order valence-corrected chi connectivity index (χ4v) is 2.44. The molecule has 0 atom stereocenters. The summed E-state index contributed by atoms with van der Waals surface area (Å²) in [6.07, 6.45) is 8.20. The van der Waals surface area contributed by atoms with Crippen LogP contribution in [0.2, 0.25) is 0 Å². The molecule has 0 aromatic heterocycles. The van der Waals surface area contributed by atoms with Gasteiger partial charge >= 0.3 is 0 Å². The quantitative estimate of drug-likeness (QED) is 0.189. The van der Waals surface area contributed by atoms with E-state index in [0.717, 1.165) is 12.8 Å². The molecule has 0 N–H and O–H groups in total. The molecule has 0 heterocycles. The van der Waals surface area contributed by atoms with Crippen LogP contribution in [0.4, 0.5) is 11.4 Å². The summed E-state index contributed by atoms with van der Waals surface area (Å²) in [6, 6.07) is 2.66. The standard InChI is InChI=1S/C15H19BrN2O4/c1-2-3-4-5-6-7-8-22-15-10-13(17-11-19)14(18(20)21)9-12(15)16/h9-10H,2-8H2,1H3. The normalized spacial score (nSPS) is 10.1. The first-order chi connectivity index (χ1) is 10.6. The number of unbranched alkanes of at least 4 members (excludes halogenated alkanes) is 5. The van der Waals surface area contributed by atoms with Gasteiger partial charge in [0.25, 0.3) is 5.69 Å². The minimum atomic E-state index is -0.599. The Morgan fingerprint density at radius 1 is 1.27 bits per heavy atom. The predicted octanol–water partition coefficient (Wildman–Crippen LogP) is 5.06. The minimum absolute atomic E-state index is 0.0545. The van der Waals surface area contributed by atoms with Crippen molar-refractivity contribution in [3.05, 3.63) is 26.7 Å². The molecule has 22 heavy (non-hydrogen) atoms. The third-order valence-electron chi connectivity index (χ3n) is 3.15. The minimum Gasteiger partial charge on any atom is -0.492 e. The number of halogens is 1. The number of nitro groups is 1. The molecule has 0 bridgehead atoms. The molecule has 0 aliphatic heterocycles. The summed E-state index contributed by atoms with van der Waals surface area (Å²) >= 11 is 3.23. The number of nitrogens with zero attached hydrogens (tertiary/aromatic N) is 2. The fourth-order valence-electron chi connectivity index (χ4n) is 1.99. The van der Waals surface area contributed by atoms with Crippen LogP contribution in [-0.4, -0.2) is 17.6 Å². The Labute approximate surface area is 137 Å². The summed E-state index contributed by atoms with van der Waals surface area (Å²) in [7, 11) is 0. The Morgan fingerprint density at radius 3 is 2.59 bits per heavy atom. The van der Waals surface area contributed by atoms with Crippen molar-refractivity contribution < 1.29 is 14.5 Å². The molecule has 0 spiro atoms. The molecule has 120 valence electrons. The molecule has 0 saturated carbocycles. The van der Waals surface area contributed by atoms with E-state index in [1.54, 1.807) is 0 Å². The van der Waals surface area contributed by atoms with Gasteiger partial charge in [0.2, 0.25) is 6.08 Å². The molecular formula is C15H19BrN2O4. The van der Waals surface area contributed by atoms with Crippen molar-refractivity contribution in [3.63, 3.8) is 0 Å². The van der Waals surface area contributed by atoms with E-state index >= 15 is 0 Å². The monoisotopic (exact) mass is 370 g/mol. The van der Waals surface area contributed by atoms with Crippen molar-refractivity contribution >= 4 is 33.4 Å².